The molecular formula is C20H22N6O. The van der Waals surface area contributed by atoms with Gasteiger partial charge >= 0.3 is 0 Å². The molecule has 3 aromatic rings. The molecule has 1 atom stereocenters. The fourth-order valence-electron chi connectivity index (χ4n) is 3.43. The highest BCUT2D eigenvalue weighted by molar-refractivity contribution is 5.49. The van der Waals surface area contributed by atoms with Gasteiger partial charge in [-0.25, -0.2) is 19.9 Å². The molecule has 27 heavy (non-hydrogen) atoms. The molecule has 138 valence electrons. The van der Waals surface area contributed by atoms with E-state index in [1.807, 2.05) is 18.2 Å². The van der Waals surface area contributed by atoms with Crippen molar-refractivity contribution in [2.24, 2.45) is 0 Å². The number of rotatable bonds is 6. The summed E-state index contributed by atoms with van der Waals surface area (Å²) in [7, 11) is 1.69. The van der Waals surface area contributed by atoms with Gasteiger partial charge in [-0.1, -0.05) is 12.1 Å². The van der Waals surface area contributed by atoms with E-state index in [0.717, 1.165) is 36.6 Å². The van der Waals surface area contributed by atoms with E-state index in [1.165, 1.54) is 18.3 Å². The number of ether oxygens (including phenoxy) is 1. The summed E-state index contributed by atoms with van der Waals surface area (Å²) in [4.78, 5) is 19.5. The molecule has 1 aliphatic heterocycles. The van der Waals surface area contributed by atoms with E-state index in [9.17, 15) is 0 Å². The maximum atomic E-state index is 5.25. The predicted octanol–water partition coefficient (Wildman–Crippen LogP) is 3.36. The molecule has 2 aromatic heterocycles. The van der Waals surface area contributed by atoms with Crippen molar-refractivity contribution in [3.8, 4) is 5.75 Å². The lowest BCUT2D eigenvalue weighted by Gasteiger charge is -2.24. The first-order chi connectivity index (χ1) is 13.3. The number of hydrogen-bond acceptors (Lipinski definition) is 7. The van der Waals surface area contributed by atoms with Crippen molar-refractivity contribution in [3.63, 3.8) is 0 Å². The van der Waals surface area contributed by atoms with E-state index >= 15 is 0 Å². The summed E-state index contributed by atoms with van der Waals surface area (Å²) in [6.45, 7) is 1.96. The highest BCUT2D eigenvalue weighted by Gasteiger charge is 2.27. The Morgan fingerprint density at radius 2 is 1.96 bits per heavy atom. The molecule has 0 spiro atoms. The molecular weight excluding hydrogens is 340 g/mol. The molecule has 0 aliphatic carbocycles. The van der Waals surface area contributed by atoms with E-state index in [4.69, 9.17) is 9.72 Å². The Bertz CT molecular complexity index is 871. The lowest BCUT2D eigenvalue weighted by Crippen LogP contribution is -2.23. The Labute approximate surface area is 158 Å². The van der Waals surface area contributed by atoms with E-state index in [1.54, 1.807) is 25.7 Å². The fourth-order valence-corrected chi connectivity index (χ4v) is 3.43. The van der Waals surface area contributed by atoms with Crippen molar-refractivity contribution >= 4 is 11.6 Å². The van der Waals surface area contributed by atoms with Crippen LogP contribution in [0.25, 0.3) is 0 Å². The quantitative estimate of drug-likeness (QED) is 0.720. The van der Waals surface area contributed by atoms with Crippen LogP contribution >= 0.6 is 0 Å². The number of nitrogens with zero attached hydrogens (tertiary/aromatic N) is 5. The molecule has 4 rings (SSSR count). The number of hydrogen-bond donors (Lipinski definition) is 1. The molecule has 1 saturated heterocycles. The topological polar surface area (TPSA) is 76.1 Å². The van der Waals surface area contributed by atoms with Crippen molar-refractivity contribution in [2.45, 2.75) is 25.4 Å². The van der Waals surface area contributed by atoms with Gasteiger partial charge in [-0.15, -0.1) is 0 Å². The molecule has 7 nitrogen and oxygen atoms in total. The Morgan fingerprint density at radius 1 is 1.15 bits per heavy atom. The Kier molecular flexibility index (Phi) is 5.20. The van der Waals surface area contributed by atoms with Gasteiger partial charge < -0.3 is 10.1 Å². The fraction of sp³-hybridized carbons (Fsp3) is 0.300. The largest absolute Gasteiger partial charge is 0.497 e. The minimum absolute atomic E-state index is 0.294. The zero-order valence-corrected chi connectivity index (χ0v) is 15.2. The summed E-state index contributed by atoms with van der Waals surface area (Å²) in [6.07, 6.45) is 8.97. The third kappa shape index (κ3) is 4.20. The van der Waals surface area contributed by atoms with Gasteiger partial charge in [0.15, 0.2) is 0 Å². The number of aromatic nitrogens is 4. The molecule has 1 aliphatic rings. The molecule has 0 saturated carbocycles. The van der Waals surface area contributed by atoms with Gasteiger partial charge in [0.25, 0.3) is 0 Å². The zero-order valence-electron chi connectivity index (χ0n) is 15.2. The van der Waals surface area contributed by atoms with Crippen LogP contribution < -0.4 is 10.1 Å². The van der Waals surface area contributed by atoms with Crippen molar-refractivity contribution in [1.29, 1.82) is 0 Å². The highest BCUT2D eigenvalue weighted by Crippen LogP contribution is 2.32. The average molecular weight is 362 g/mol. The molecule has 0 amide bonds. The van der Waals surface area contributed by atoms with Crippen LogP contribution in [0, 0.1) is 0 Å². The van der Waals surface area contributed by atoms with Gasteiger partial charge in [0.05, 0.1) is 36.9 Å². The number of likely N-dealkylation sites (tertiary alicyclic amines) is 1. The normalized spacial score (nSPS) is 17.0. The van der Waals surface area contributed by atoms with Crippen LogP contribution in [0.3, 0.4) is 0 Å². The Morgan fingerprint density at radius 3 is 2.74 bits per heavy atom. The number of nitrogens with one attached hydrogen (secondary N) is 1. The van der Waals surface area contributed by atoms with E-state index in [2.05, 4.69) is 37.3 Å². The molecule has 0 bridgehead atoms. The summed E-state index contributed by atoms with van der Waals surface area (Å²) >= 11 is 0. The third-order valence-electron chi connectivity index (χ3n) is 4.74. The Balaban J connectivity index is 1.48. The van der Waals surface area contributed by atoms with Crippen LogP contribution in [0.4, 0.5) is 11.6 Å². The smallest absolute Gasteiger partial charge is 0.227 e. The van der Waals surface area contributed by atoms with Gasteiger partial charge in [0, 0.05) is 12.7 Å². The first-order valence-electron chi connectivity index (χ1n) is 9.04. The highest BCUT2D eigenvalue weighted by atomic mass is 16.5. The summed E-state index contributed by atoms with van der Waals surface area (Å²) < 4.78 is 5.25. The van der Waals surface area contributed by atoms with E-state index < -0.39 is 0 Å². The van der Waals surface area contributed by atoms with Crippen molar-refractivity contribution in [3.05, 3.63) is 66.5 Å². The second-order valence-electron chi connectivity index (χ2n) is 6.53. The van der Waals surface area contributed by atoms with Gasteiger partial charge in [-0.2, -0.15) is 0 Å². The van der Waals surface area contributed by atoms with Crippen LogP contribution in [0.1, 0.15) is 30.1 Å². The predicted molar refractivity (Wildman–Crippen MR) is 103 cm³/mol. The van der Waals surface area contributed by atoms with Crippen molar-refractivity contribution in [2.75, 3.05) is 19.0 Å². The summed E-state index contributed by atoms with van der Waals surface area (Å²) in [5.41, 5.74) is 3.09. The van der Waals surface area contributed by atoms with Crippen LogP contribution in [0.2, 0.25) is 0 Å². The summed E-state index contributed by atoms with van der Waals surface area (Å²) in [5, 5.41) is 3.17. The lowest BCUT2D eigenvalue weighted by atomic mass is 10.1. The summed E-state index contributed by atoms with van der Waals surface area (Å²) in [6, 6.07) is 10.6. The van der Waals surface area contributed by atoms with Crippen LogP contribution in [-0.2, 0) is 6.54 Å². The van der Waals surface area contributed by atoms with Crippen molar-refractivity contribution in [1.82, 2.24) is 24.8 Å². The maximum absolute atomic E-state index is 5.25. The second kappa shape index (κ2) is 8.09. The van der Waals surface area contributed by atoms with Gasteiger partial charge in [0.1, 0.15) is 12.1 Å². The maximum Gasteiger partial charge on any atom is 0.227 e. The molecule has 0 unspecified atom stereocenters. The molecule has 0 radical (unpaired) electrons. The number of anilines is 2. The minimum atomic E-state index is 0.294. The molecule has 7 heteroatoms. The Hall–Kier alpha value is -3.06. The molecule has 3 heterocycles. The average Bonchev–Trinajstić information content (AvgIpc) is 3.18. The second-order valence-corrected chi connectivity index (χ2v) is 6.53. The van der Waals surface area contributed by atoms with E-state index in [0.29, 0.717) is 12.0 Å². The first kappa shape index (κ1) is 17.4. The standard InChI is InChI=1S/C20H22N6O/c1-27-17-6-4-15(5-7-17)13-26-10-2-3-19(26)18-8-9-23-20(25-18)24-16-11-21-14-22-12-16/h4-9,11-12,14,19H,2-3,10,13H2,1H3,(H,23,24,25)/t19-/m1/s1. The molecule has 1 aromatic carbocycles. The molecule has 1 fully saturated rings. The lowest BCUT2D eigenvalue weighted by molar-refractivity contribution is 0.244. The monoisotopic (exact) mass is 362 g/mol. The SMILES string of the molecule is COc1ccc(CN2CCC[C@@H]2c2ccnc(Nc3cncnc3)n2)cc1. The number of benzene rings is 1. The van der Waals surface area contributed by atoms with E-state index in [-0.39, 0.29) is 0 Å². The number of methoxy groups -OCH3 is 1. The van der Waals surface area contributed by atoms with Crippen LogP contribution in [-0.4, -0.2) is 38.5 Å². The van der Waals surface area contributed by atoms with Gasteiger partial charge in [0.2, 0.25) is 5.95 Å². The summed E-state index contributed by atoms with van der Waals surface area (Å²) in [5.74, 6) is 1.45. The minimum Gasteiger partial charge on any atom is -0.497 e. The third-order valence-corrected chi connectivity index (χ3v) is 4.74. The van der Waals surface area contributed by atoms with Crippen LogP contribution in [0.5, 0.6) is 5.75 Å². The molecule has 1 N–H and O–H groups in total. The zero-order chi connectivity index (χ0) is 18.5. The van der Waals surface area contributed by atoms with Crippen LogP contribution in [0.15, 0.2) is 55.2 Å². The first-order valence-corrected chi connectivity index (χ1v) is 9.04. The van der Waals surface area contributed by atoms with Crippen molar-refractivity contribution < 1.29 is 4.74 Å². The van der Waals surface area contributed by atoms with Gasteiger partial charge in [-0.05, 0) is 43.1 Å². The van der Waals surface area contributed by atoms with Gasteiger partial charge in [-0.3, -0.25) is 4.90 Å².